The molecule has 0 radical (unpaired) electrons. The molecule has 0 bridgehead atoms. The van der Waals surface area contributed by atoms with Gasteiger partial charge in [-0.3, -0.25) is 9.59 Å². The van der Waals surface area contributed by atoms with Crippen LogP contribution in [0, 0.1) is 5.92 Å². The Hall–Kier alpha value is -3.15. The molecule has 1 N–H and O–H groups in total. The van der Waals surface area contributed by atoms with Gasteiger partial charge in [0.25, 0.3) is 0 Å². The molecule has 6 heteroatoms. The van der Waals surface area contributed by atoms with Crippen molar-refractivity contribution in [3.05, 3.63) is 60.4 Å². The lowest BCUT2D eigenvalue weighted by molar-refractivity contribution is -0.122. The van der Waals surface area contributed by atoms with E-state index in [9.17, 15) is 9.59 Å². The molecular weight excluding hydrogens is 364 g/mol. The lowest BCUT2D eigenvalue weighted by atomic mass is 10.2. The van der Waals surface area contributed by atoms with Crippen molar-refractivity contribution in [3.8, 4) is 0 Å². The number of rotatable bonds is 8. The number of imidazole rings is 1. The number of carbonyl (C=O) groups is 2. The highest BCUT2D eigenvalue weighted by molar-refractivity contribution is 5.93. The molecule has 0 unspecified atom stereocenters. The number of nitrogens with zero attached hydrogens (tertiary/aromatic N) is 3. The summed E-state index contributed by atoms with van der Waals surface area (Å²) >= 11 is 0. The minimum atomic E-state index is 0.00244. The second-order valence-electron chi connectivity index (χ2n) is 7.56. The van der Waals surface area contributed by atoms with Crippen molar-refractivity contribution >= 4 is 28.5 Å². The van der Waals surface area contributed by atoms with Gasteiger partial charge < -0.3 is 14.8 Å². The largest absolute Gasteiger partial charge is 0.356 e. The lowest BCUT2D eigenvalue weighted by Gasteiger charge is -2.18. The fourth-order valence-corrected chi connectivity index (χ4v) is 3.48. The van der Waals surface area contributed by atoms with Crippen LogP contribution in [-0.2, 0) is 22.6 Å². The average molecular weight is 390 g/mol. The van der Waals surface area contributed by atoms with E-state index in [-0.39, 0.29) is 24.3 Å². The van der Waals surface area contributed by atoms with E-state index in [0.29, 0.717) is 13.0 Å². The number of nitrogens with one attached hydrogen (secondary N) is 1. The van der Waals surface area contributed by atoms with E-state index in [0.717, 1.165) is 41.8 Å². The Balaban J connectivity index is 1.47. The van der Waals surface area contributed by atoms with Crippen molar-refractivity contribution in [3.63, 3.8) is 0 Å². The third-order valence-corrected chi connectivity index (χ3v) is 5.37. The maximum atomic E-state index is 12.9. The number of amides is 2. The van der Waals surface area contributed by atoms with Crippen LogP contribution < -0.4 is 10.2 Å². The molecule has 1 heterocycles. The monoisotopic (exact) mass is 390 g/mol. The number of anilines is 1. The Labute approximate surface area is 170 Å². The molecule has 6 nitrogen and oxygen atoms in total. The zero-order valence-electron chi connectivity index (χ0n) is 16.7. The van der Waals surface area contributed by atoms with Gasteiger partial charge in [-0.15, -0.1) is 0 Å². The Morgan fingerprint density at radius 2 is 1.83 bits per heavy atom. The highest BCUT2D eigenvalue weighted by Crippen LogP contribution is 2.28. The summed E-state index contributed by atoms with van der Waals surface area (Å²) in [6.07, 6.45) is 3.53. The quantitative estimate of drug-likeness (QED) is 0.601. The Kier molecular flexibility index (Phi) is 5.60. The second kappa shape index (κ2) is 8.47. The second-order valence-corrected chi connectivity index (χ2v) is 7.56. The van der Waals surface area contributed by atoms with E-state index in [1.807, 2.05) is 59.2 Å². The van der Waals surface area contributed by atoms with E-state index in [2.05, 4.69) is 5.32 Å². The number of likely N-dealkylation sites (N-methyl/N-ethyl adjacent to an activating group) is 1. The van der Waals surface area contributed by atoms with Crippen LogP contribution in [0.5, 0.6) is 0 Å². The molecule has 150 valence electrons. The zero-order chi connectivity index (χ0) is 20.2. The topological polar surface area (TPSA) is 67.2 Å². The van der Waals surface area contributed by atoms with Gasteiger partial charge in [-0.25, -0.2) is 4.98 Å². The summed E-state index contributed by atoms with van der Waals surface area (Å²) in [5.41, 5.74) is 2.71. The number of benzene rings is 2. The van der Waals surface area contributed by atoms with Crippen molar-refractivity contribution in [2.45, 2.75) is 32.2 Å². The van der Waals surface area contributed by atoms with Gasteiger partial charge in [-0.1, -0.05) is 30.3 Å². The number of para-hydroxylation sites is 3. The Bertz CT molecular complexity index is 1010. The summed E-state index contributed by atoms with van der Waals surface area (Å²) in [5, 5.41) is 3.00. The maximum Gasteiger partial charge on any atom is 0.246 e. The molecule has 0 atom stereocenters. The molecule has 1 aromatic heterocycles. The third-order valence-electron chi connectivity index (χ3n) is 5.37. The number of carbonyl (C=O) groups excluding carboxylic acids is 2. The molecule has 1 aliphatic rings. The summed E-state index contributed by atoms with van der Waals surface area (Å²) in [7, 11) is 1.80. The van der Waals surface area contributed by atoms with Crippen molar-refractivity contribution in [2.24, 2.45) is 5.92 Å². The number of hydrogen-bond acceptors (Lipinski definition) is 3. The Morgan fingerprint density at radius 1 is 1.10 bits per heavy atom. The molecule has 0 spiro atoms. The van der Waals surface area contributed by atoms with Crippen LogP contribution in [0.2, 0.25) is 0 Å². The Morgan fingerprint density at radius 3 is 2.59 bits per heavy atom. The fraction of sp³-hybridized carbons (Fsp3) is 0.348. The normalized spacial score (nSPS) is 13.4. The standard InChI is InChI=1S/C23H26N4O2/c1-26(18-8-3-2-4-9-18)22(28)16-27-20-11-6-5-10-19(20)25-21(27)12-7-15-24-23(29)17-13-14-17/h2-6,8-11,17H,7,12-16H2,1H3,(H,24,29). The number of fused-ring (bicyclic) bond motifs is 1. The molecule has 0 aliphatic heterocycles. The predicted octanol–water partition coefficient (Wildman–Crippen LogP) is 3.16. The smallest absolute Gasteiger partial charge is 0.246 e. The first-order chi connectivity index (χ1) is 14.1. The van der Waals surface area contributed by atoms with E-state index >= 15 is 0 Å². The summed E-state index contributed by atoms with van der Waals surface area (Å²) in [5.74, 6) is 1.27. The molecule has 2 amide bonds. The molecule has 3 aromatic rings. The summed E-state index contributed by atoms with van der Waals surface area (Å²) in [6, 6.07) is 17.5. The van der Waals surface area contributed by atoms with E-state index in [1.165, 1.54) is 0 Å². The summed E-state index contributed by atoms with van der Waals surface area (Å²) < 4.78 is 2.00. The molecule has 1 fully saturated rings. The van der Waals surface area contributed by atoms with Crippen LogP contribution in [0.4, 0.5) is 5.69 Å². The average Bonchev–Trinajstić information content (AvgIpc) is 3.55. The summed E-state index contributed by atoms with van der Waals surface area (Å²) in [4.78, 5) is 31.1. The van der Waals surface area contributed by atoms with Crippen LogP contribution in [0.15, 0.2) is 54.6 Å². The fourth-order valence-electron chi connectivity index (χ4n) is 3.48. The molecule has 0 saturated heterocycles. The van der Waals surface area contributed by atoms with Gasteiger partial charge in [0.1, 0.15) is 12.4 Å². The highest BCUT2D eigenvalue weighted by atomic mass is 16.2. The van der Waals surface area contributed by atoms with Crippen molar-refractivity contribution in [1.82, 2.24) is 14.9 Å². The van der Waals surface area contributed by atoms with Gasteiger partial charge in [0.2, 0.25) is 11.8 Å². The van der Waals surface area contributed by atoms with Gasteiger partial charge in [0.05, 0.1) is 11.0 Å². The van der Waals surface area contributed by atoms with Crippen LogP contribution in [0.3, 0.4) is 0 Å². The highest BCUT2D eigenvalue weighted by Gasteiger charge is 2.29. The molecule has 29 heavy (non-hydrogen) atoms. The molecule has 2 aromatic carbocycles. The van der Waals surface area contributed by atoms with Crippen LogP contribution >= 0.6 is 0 Å². The first-order valence-corrected chi connectivity index (χ1v) is 10.2. The molecular formula is C23H26N4O2. The zero-order valence-corrected chi connectivity index (χ0v) is 16.7. The van der Waals surface area contributed by atoms with Gasteiger partial charge >= 0.3 is 0 Å². The van der Waals surface area contributed by atoms with Crippen molar-refractivity contribution in [1.29, 1.82) is 0 Å². The van der Waals surface area contributed by atoms with E-state index in [4.69, 9.17) is 4.98 Å². The van der Waals surface area contributed by atoms with E-state index < -0.39 is 0 Å². The predicted molar refractivity (Wildman–Crippen MR) is 114 cm³/mol. The SMILES string of the molecule is CN(C(=O)Cn1c(CCCNC(=O)C2CC2)nc2ccccc21)c1ccccc1. The molecule has 4 rings (SSSR count). The van der Waals surface area contributed by atoms with Gasteiger partial charge in [-0.05, 0) is 43.5 Å². The van der Waals surface area contributed by atoms with E-state index in [1.54, 1.807) is 11.9 Å². The van der Waals surface area contributed by atoms with Gasteiger partial charge in [0.15, 0.2) is 0 Å². The minimum absolute atomic E-state index is 0.00244. The van der Waals surface area contributed by atoms with Crippen LogP contribution in [0.25, 0.3) is 11.0 Å². The summed E-state index contributed by atoms with van der Waals surface area (Å²) in [6.45, 7) is 0.867. The minimum Gasteiger partial charge on any atom is -0.356 e. The number of aryl methyl sites for hydroxylation is 1. The van der Waals surface area contributed by atoms with Gasteiger partial charge in [0, 0.05) is 31.6 Å². The maximum absolute atomic E-state index is 12.9. The third kappa shape index (κ3) is 4.47. The van der Waals surface area contributed by atoms with Crippen LogP contribution in [0.1, 0.15) is 25.1 Å². The molecule has 1 aliphatic carbocycles. The molecule has 1 saturated carbocycles. The number of hydrogen-bond donors (Lipinski definition) is 1. The van der Waals surface area contributed by atoms with Crippen molar-refractivity contribution < 1.29 is 9.59 Å². The lowest BCUT2D eigenvalue weighted by Crippen LogP contribution is -2.30. The first kappa shape index (κ1) is 19.2. The van der Waals surface area contributed by atoms with Crippen molar-refractivity contribution in [2.75, 3.05) is 18.5 Å². The number of aromatic nitrogens is 2. The van der Waals surface area contributed by atoms with Crippen LogP contribution in [-0.4, -0.2) is 35.0 Å². The first-order valence-electron chi connectivity index (χ1n) is 10.2. The van der Waals surface area contributed by atoms with Gasteiger partial charge in [-0.2, -0.15) is 0 Å².